The summed E-state index contributed by atoms with van der Waals surface area (Å²) in [6, 6.07) is 5.16. The second-order valence-corrected chi connectivity index (χ2v) is 7.95. The van der Waals surface area contributed by atoms with Gasteiger partial charge in [0.2, 0.25) is 5.91 Å². The number of amides is 2. The second kappa shape index (κ2) is 10.9. The number of carbonyl (C=O) groups is 2. The molecule has 0 saturated heterocycles. The monoisotopic (exact) mass is 420 g/mol. The summed E-state index contributed by atoms with van der Waals surface area (Å²) in [5, 5.41) is 14.4. The summed E-state index contributed by atoms with van der Waals surface area (Å²) in [6.07, 6.45) is 5.37. The zero-order valence-electron chi connectivity index (χ0n) is 17.5. The maximum absolute atomic E-state index is 13.2. The fraction of sp³-hybridized carbons (Fsp3) is 0.455. The number of alkyl carbamates (subject to hydrolysis) is 1. The van der Waals surface area contributed by atoms with E-state index in [9.17, 15) is 19.1 Å². The smallest absolute Gasteiger partial charge is 0.408 e. The Hall–Kier alpha value is -2.71. The predicted molar refractivity (Wildman–Crippen MR) is 110 cm³/mol. The van der Waals surface area contributed by atoms with Crippen LogP contribution in [-0.4, -0.2) is 48.0 Å². The van der Waals surface area contributed by atoms with Crippen molar-refractivity contribution in [3.8, 4) is 0 Å². The molecule has 164 valence electrons. The third kappa shape index (κ3) is 8.34. The van der Waals surface area contributed by atoms with Crippen LogP contribution < -0.4 is 10.6 Å². The van der Waals surface area contributed by atoms with E-state index in [1.807, 2.05) is 18.2 Å². The zero-order chi connectivity index (χ0) is 22.1. The van der Waals surface area contributed by atoms with Crippen molar-refractivity contribution in [3.63, 3.8) is 0 Å². The minimum atomic E-state index is -1.10. The van der Waals surface area contributed by atoms with Crippen LogP contribution >= 0.6 is 0 Å². The molecule has 0 aliphatic heterocycles. The van der Waals surface area contributed by atoms with Crippen molar-refractivity contribution in [2.45, 2.75) is 51.5 Å². The third-order valence-corrected chi connectivity index (χ3v) is 4.15. The molecule has 1 aliphatic rings. The molecule has 1 unspecified atom stereocenters. The van der Waals surface area contributed by atoms with E-state index in [4.69, 9.17) is 9.47 Å². The highest BCUT2D eigenvalue weighted by atomic mass is 19.1. The lowest BCUT2D eigenvalue weighted by Crippen LogP contribution is -2.50. The molecular weight excluding hydrogens is 391 g/mol. The number of rotatable bonds is 8. The highest BCUT2D eigenvalue weighted by Crippen LogP contribution is 2.15. The van der Waals surface area contributed by atoms with Crippen molar-refractivity contribution < 1.29 is 28.6 Å². The van der Waals surface area contributed by atoms with Gasteiger partial charge in [-0.15, -0.1) is 0 Å². The van der Waals surface area contributed by atoms with E-state index < -0.39 is 30.3 Å². The number of hydrogen-bond donors (Lipinski definition) is 3. The van der Waals surface area contributed by atoms with E-state index >= 15 is 0 Å². The van der Waals surface area contributed by atoms with Gasteiger partial charge in [-0.05, 0) is 50.5 Å². The van der Waals surface area contributed by atoms with Gasteiger partial charge in [0.1, 0.15) is 17.5 Å². The Kier molecular flexibility index (Phi) is 8.56. The van der Waals surface area contributed by atoms with Gasteiger partial charge < -0.3 is 25.2 Å². The maximum atomic E-state index is 13.2. The molecule has 8 heteroatoms. The minimum Gasteiger partial charge on any atom is -0.444 e. The third-order valence-electron chi connectivity index (χ3n) is 4.15. The molecule has 0 spiro atoms. The molecule has 0 heterocycles. The Morgan fingerprint density at radius 1 is 1.33 bits per heavy atom. The molecule has 2 rings (SSSR count). The van der Waals surface area contributed by atoms with Crippen LogP contribution in [0.4, 0.5) is 9.18 Å². The van der Waals surface area contributed by atoms with Crippen molar-refractivity contribution in [1.82, 2.24) is 10.6 Å². The van der Waals surface area contributed by atoms with Crippen LogP contribution in [0.25, 0.3) is 0 Å². The zero-order valence-corrected chi connectivity index (χ0v) is 17.5. The van der Waals surface area contributed by atoms with E-state index in [0.717, 1.165) is 11.1 Å². The summed E-state index contributed by atoms with van der Waals surface area (Å²) in [4.78, 5) is 24.0. The van der Waals surface area contributed by atoms with Crippen molar-refractivity contribution in [3.05, 3.63) is 59.4 Å². The van der Waals surface area contributed by atoms with Gasteiger partial charge >= 0.3 is 6.09 Å². The van der Waals surface area contributed by atoms with Crippen LogP contribution in [0, 0.1) is 5.82 Å². The van der Waals surface area contributed by atoms with Crippen LogP contribution in [0.15, 0.2) is 48.1 Å². The Bertz CT molecular complexity index is 801. The van der Waals surface area contributed by atoms with Crippen molar-refractivity contribution >= 4 is 12.0 Å². The molecule has 0 bridgehead atoms. The topological polar surface area (TPSA) is 96.9 Å². The molecule has 0 radical (unpaired) electrons. The van der Waals surface area contributed by atoms with Crippen LogP contribution in [0.5, 0.6) is 0 Å². The first-order chi connectivity index (χ1) is 14.2. The number of aliphatic hydroxyl groups is 1. The Morgan fingerprint density at radius 3 is 2.70 bits per heavy atom. The Labute approximate surface area is 175 Å². The highest BCUT2D eigenvalue weighted by molar-refractivity contribution is 5.86. The lowest BCUT2D eigenvalue weighted by Gasteiger charge is -2.22. The molecule has 3 N–H and O–H groups in total. The lowest BCUT2D eigenvalue weighted by atomic mass is 10.0. The molecule has 30 heavy (non-hydrogen) atoms. The van der Waals surface area contributed by atoms with E-state index in [1.165, 1.54) is 12.1 Å². The van der Waals surface area contributed by atoms with E-state index in [0.29, 0.717) is 13.0 Å². The number of halogens is 1. The van der Waals surface area contributed by atoms with Gasteiger partial charge in [-0.3, -0.25) is 4.79 Å². The van der Waals surface area contributed by atoms with Gasteiger partial charge in [0.25, 0.3) is 0 Å². The number of hydrogen-bond acceptors (Lipinski definition) is 5. The van der Waals surface area contributed by atoms with Crippen LogP contribution in [0.1, 0.15) is 32.8 Å². The molecular formula is C22H29FN2O5. The summed E-state index contributed by atoms with van der Waals surface area (Å²) in [7, 11) is 0. The fourth-order valence-corrected chi connectivity index (χ4v) is 2.69. The normalized spacial score (nSPS) is 17.1. The Balaban J connectivity index is 1.74. The van der Waals surface area contributed by atoms with E-state index in [-0.39, 0.29) is 18.5 Å². The molecule has 1 aromatic carbocycles. The molecule has 0 aromatic heterocycles. The summed E-state index contributed by atoms with van der Waals surface area (Å²) >= 11 is 0. The summed E-state index contributed by atoms with van der Waals surface area (Å²) in [6.45, 7) is 5.13. The highest BCUT2D eigenvalue weighted by Gasteiger charge is 2.23. The number of carbonyl (C=O) groups excluding carboxylic acids is 2. The van der Waals surface area contributed by atoms with Crippen LogP contribution in [-0.2, 0) is 20.9 Å². The van der Waals surface area contributed by atoms with E-state index in [2.05, 4.69) is 10.6 Å². The predicted octanol–water partition coefficient (Wildman–Crippen LogP) is 2.60. The second-order valence-electron chi connectivity index (χ2n) is 7.95. The van der Waals surface area contributed by atoms with E-state index in [1.54, 1.807) is 32.9 Å². The Morgan fingerprint density at radius 2 is 2.10 bits per heavy atom. The first-order valence-electron chi connectivity index (χ1n) is 9.77. The molecule has 0 fully saturated rings. The van der Waals surface area contributed by atoms with Crippen molar-refractivity contribution in [1.29, 1.82) is 0 Å². The van der Waals surface area contributed by atoms with Gasteiger partial charge in [-0.2, -0.15) is 0 Å². The largest absolute Gasteiger partial charge is 0.444 e. The first-order valence-corrected chi connectivity index (χ1v) is 9.77. The average molecular weight is 420 g/mol. The summed E-state index contributed by atoms with van der Waals surface area (Å²) in [5.74, 6) is -0.808. The fourth-order valence-electron chi connectivity index (χ4n) is 2.69. The molecule has 2 amide bonds. The number of benzene rings is 1. The molecule has 0 saturated carbocycles. The molecule has 7 nitrogen and oxygen atoms in total. The van der Waals surface area contributed by atoms with Gasteiger partial charge in [-0.25, -0.2) is 9.18 Å². The maximum Gasteiger partial charge on any atom is 0.408 e. The number of nitrogens with one attached hydrogen (secondary N) is 2. The molecule has 1 aromatic rings. The van der Waals surface area contributed by atoms with Gasteiger partial charge in [0.05, 0.1) is 19.3 Å². The molecule has 2 atom stereocenters. The minimum absolute atomic E-state index is 0.133. The van der Waals surface area contributed by atoms with Crippen molar-refractivity contribution in [2.75, 3.05) is 13.2 Å². The summed E-state index contributed by atoms with van der Waals surface area (Å²) in [5.41, 5.74) is 0.937. The van der Waals surface area contributed by atoms with Gasteiger partial charge in [0.15, 0.2) is 0 Å². The van der Waals surface area contributed by atoms with Crippen LogP contribution in [0.3, 0.4) is 0 Å². The standard InChI is InChI=1S/C22H29FN2O5/c1-22(2,3)30-21(28)25-19(13-26)20(27)24-12-15-7-9-18(10-8-15)29-14-16-5-4-6-17(23)11-16/h4-9,11,18-19,26H,10,12-14H2,1-3H3,(H,24,27)(H,25,28)/t18?,19-/m1/s1. The molecule has 1 aliphatic carbocycles. The SMILES string of the molecule is CC(C)(C)OC(=O)N[C@H](CO)C(=O)NCC1=CCC(OCc2cccc(F)c2)C=C1. The quantitative estimate of drug-likeness (QED) is 0.601. The number of aliphatic hydroxyl groups excluding tert-OH is 1. The average Bonchev–Trinajstić information content (AvgIpc) is 2.68. The lowest BCUT2D eigenvalue weighted by molar-refractivity contribution is -0.123. The number of ether oxygens (including phenoxy) is 2. The first kappa shape index (κ1) is 23.6. The van der Waals surface area contributed by atoms with Crippen molar-refractivity contribution in [2.24, 2.45) is 0 Å². The van der Waals surface area contributed by atoms with Gasteiger partial charge in [-0.1, -0.05) is 30.4 Å². The van der Waals surface area contributed by atoms with Crippen LogP contribution in [0.2, 0.25) is 0 Å². The van der Waals surface area contributed by atoms with Gasteiger partial charge in [0, 0.05) is 6.54 Å². The summed E-state index contributed by atoms with van der Waals surface area (Å²) < 4.78 is 24.0.